The first-order valence-electron chi connectivity index (χ1n) is 8.59. The van der Waals surface area contributed by atoms with E-state index in [0.29, 0.717) is 5.75 Å². The zero-order chi connectivity index (χ0) is 18.9. The molecule has 3 aromatic rings. The van der Waals surface area contributed by atoms with Gasteiger partial charge in [0.25, 0.3) is 0 Å². The van der Waals surface area contributed by atoms with Crippen molar-refractivity contribution in [1.82, 2.24) is 4.31 Å². The zero-order valence-corrected chi connectivity index (χ0v) is 16.9. The van der Waals surface area contributed by atoms with Crippen LogP contribution in [-0.2, 0) is 16.6 Å². The van der Waals surface area contributed by atoms with Gasteiger partial charge < -0.3 is 4.74 Å². The fourth-order valence-corrected chi connectivity index (χ4v) is 5.29. The van der Waals surface area contributed by atoms with Gasteiger partial charge in [-0.1, -0.05) is 76.6 Å². The summed E-state index contributed by atoms with van der Waals surface area (Å²) >= 11 is 3.39. The Bertz CT molecular complexity index is 1040. The lowest BCUT2D eigenvalue weighted by atomic mass is 10.1. The molecule has 1 aliphatic rings. The first-order chi connectivity index (χ1) is 13.1. The second-order valence-corrected chi connectivity index (χ2v) is 9.14. The topological polar surface area (TPSA) is 46.6 Å². The second kappa shape index (κ2) is 7.46. The summed E-state index contributed by atoms with van der Waals surface area (Å²) in [6.45, 7) is 0.529. The minimum atomic E-state index is -3.74. The minimum Gasteiger partial charge on any atom is -0.490 e. The summed E-state index contributed by atoms with van der Waals surface area (Å²) in [7, 11) is -3.74. The lowest BCUT2D eigenvalue weighted by Gasteiger charge is -2.28. The van der Waals surface area contributed by atoms with Crippen LogP contribution in [0.1, 0.15) is 17.2 Å². The van der Waals surface area contributed by atoms with Crippen LogP contribution in [-0.4, -0.2) is 19.3 Å². The van der Waals surface area contributed by atoms with Crippen molar-refractivity contribution in [1.29, 1.82) is 0 Å². The number of hydrogen-bond acceptors (Lipinski definition) is 3. The molecule has 138 valence electrons. The molecule has 0 saturated heterocycles. The monoisotopic (exact) mass is 443 g/mol. The molecule has 0 fully saturated rings. The quantitative estimate of drug-likeness (QED) is 0.585. The lowest BCUT2D eigenvalue weighted by Crippen LogP contribution is -2.35. The van der Waals surface area contributed by atoms with Gasteiger partial charge in [-0.05, 0) is 29.3 Å². The molecular weight excluding hydrogens is 426 g/mol. The maximum absolute atomic E-state index is 13.6. The van der Waals surface area contributed by atoms with E-state index in [-0.39, 0.29) is 18.0 Å². The normalized spacial score (nSPS) is 18.9. The average molecular weight is 444 g/mol. The Morgan fingerprint density at radius 1 is 0.963 bits per heavy atom. The van der Waals surface area contributed by atoms with Crippen molar-refractivity contribution in [3.63, 3.8) is 0 Å². The summed E-state index contributed by atoms with van der Waals surface area (Å²) in [5, 5.41) is 0. The molecule has 0 saturated carbocycles. The van der Waals surface area contributed by atoms with Gasteiger partial charge in [0.2, 0.25) is 10.0 Å². The van der Waals surface area contributed by atoms with Crippen LogP contribution in [0, 0.1) is 0 Å². The van der Waals surface area contributed by atoms with Gasteiger partial charge in [-0.3, -0.25) is 0 Å². The Morgan fingerprint density at radius 3 is 2.33 bits per heavy atom. The van der Waals surface area contributed by atoms with Gasteiger partial charge in [-0.2, -0.15) is 4.31 Å². The summed E-state index contributed by atoms with van der Waals surface area (Å²) in [6.07, 6.45) is 0. The second-order valence-electron chi connectivity index (χ2n) is 6.36. The maximum atomic E-state index is 13.6. The molecule has 1 atom stereocenters. The Morgan fingerprint density at radius 2 is 1.63 bits per heavy atom. The highest BCUT2D eigenvalue weighted by molar-refractivity contribution is 9.10. The van der Waals surface area contributed by atoms with Crippen molar-refractivity contribution in [3.8, 4) is 5.75 Å². The highest BCUT2D eigenvalue weighted by Gasteiger charge is 2.38. The van der Waals surface area contributed by atoms with Crippen LogP contribution in [0.25, 0.3) is 0 Å². The van der Waals surface area contributed by atoms with Crippen molar-refractivity contribution in [2.45, 2.75) is 17.5 Å². The summed E-state index contributed by atoms with van der Waals surface area (Å²) in [5.41, 5.74) is 1.84. The highest BCUT2D eigenvalue weighted by atomic mass is 79.9. The summed E-state index contributed by atoms with van der Waals surface area (Å²) in [5.74, 6) is 0.376. The molecule has 1 aliphatic heterocycles. The molecule has 0 N–H and O–H groups in total. The van der Waals surface area contributed by atoms with Crippen molar-refractivity contribution in [2.24, 2.45) is 0 Å². The van der Waals surface area contributed by atoms with Crippen molar-refractivity contribution < 1.29 is 13.2 Å². The minimum absolute atomic E-state index is 0.195. The standard InChI is InChI=1S/C21H18BrNO3S/c22-18-11-12-21-20(13-18)26-15-19(17-9-5-2-6-10-17)23(27(21,24)25)14-16-7-3-1-4-8-16/h1-13,19H,14-15H2/t19-/m1/s1. The number of nitrogens with zero attached hydrogens (tertiary/aromatic N) is 1. The molecule has 4 rings (SSSR count). The van der Waals surface area contributed by atoms with Crippen LogP contribution in [0.15, 0.2) is 88.2 Å². The van der Waals surface area contributed by atoms with Gasteiger partial charge in [0.05, 0.1) is 6.04 Å². The summed E-state index contributed by atoms with van der Waals surface area (Å²) < 4.78 is 35.4. The van der Waals surface area contributed by atoms with E-state index in [4.69, 9.17) is 4.74 Å². The van der Waals surface area contributed by atoms with Crippen LogP contribution in [0.2, 0.25) is 0 Å². The average Bonchev–Trinajstić information content (AvgIpc) is 2.78. The van der Waals surface area contributed by atoms with E-state index in [9.17, 15) is 8.42 Å². The number of fused-ring (bicyclic) bond motifs is 1. The van der Waals surface area contributed by atoms with Gasteiger partial charge in [-0.15, -0.1) is 0 Å². The van der Waals surface area contributed by atoms with Gasteiger partial charge in [0.15, 0.2) is 0 Å². The molecular formula is C21H18BrNO3S. The van der Waals surface area contributed by atoms with E-state index < -0.39 is 16.1 Å². The Kier molecular flexibility index (Phi) is 5.04. The van der Waals surface area contributed by atoms with Crippen LogP contribution >= 0.6 is 15.9 Å². The van der Waals surface area contributed by atoms with Crippen molar-refractivity contribution >= 4 is 26.0 Å². The molecule has 1 heterocycles. The zero-order valence-electron chi connectivity index (χ0n) is 14.5. The molecule has 0 unspecified atom stereocenters. The summed E-state index contributed by atoms with van der Waals surface area (Å²) in [4.78, 5) is 0.195. The predicted molar refractivity (Wildman–Crippen MR) is 108 cm³/mol. The van der Waals surface area contributed by atoms with Crippen LogP contribution in [0.5, 0.6) is 5.75 Å². The third-order valence-electron chi connectivity index (χ3n) is 4.60. The van der Waals surface area contributed by atoms with Gasteiger partial charge in [0, 0.05) is 11.0 Å². The Hall–Kier alpha value is -2.15. The molecule has 0 amide bonds. The molecule has 0 spiro atoms. The number of ether oxygens (including phenoxy) is 1. The molecule has 6 heteroatoms. The largest absolute Gasteiger partial charge is 0.490 e. The van der Waals surface area contributed by atoms with E-state index in [1.165, 1.54) is 4.31 Å². The SMILES string of the molecule is O=S1(=O)c2ccc(Br)cc2OC[C@H](c2ccccc2)N1Cc1ccccc1. The number of sulfonamides is 1. The molecule has 0 bridgehead atoms. The van der Waals surface area contributed by atoms with E-state index in [0.717, 1.165) is 15.6 Å². The number of halogens is 1. The summed E-state index contributed by atoms with van der Waals surface area (Å²) in [6, 6.07) is 23.9. The van der Waals surface area contributed by atoms with E-state index >= 15 is 0 Å². The van der Waals surface area contributed by atoms with E-state index in [2.05, 4.69) is 15.9 Å². The lowest BCUT2D eigenvalue weighted by molar-refractivity contribution is 0.210. The molecule has 0 aliphatic carbocycles. The predicted octanol–water partition coefficient (Wildman–Crippen LogP) is 4.77. The van der Waals surface area contributed by atoms with Gasteiger partial charge >= 0.3 is 0 Å². The van der Waals surface area contributed by atoms with Crippen LogP contribution < -0.4 is 4.74 Å². The number of hydrogen-bond donors (Lipinski definition) is 0. The first-order valence-corrected chi connectivity index (χ1v) is 10.8. The number of benzene rings is 3. The molecule has 0 aromatic heterocycles. The fraction of sp³-hybridized carbons (Fsp3) is 0.143. The molecule has 27 heavy (non-hydrogen) atoms. The van der Waals surface area contributed by atoms with Crippen LogP contribution in [0.3, 0.4) is 0 Å². The first kappa shape index (κ1) is 18.2. The third kappa shape index (κ3) is 3.65. The van der Waals surface area contributed by atoms with E-state index in [1.54, 1.807) is 18.2 Å². The molecule has 4 nitrogen and oxygen atoms in total. The Labute approximate surface area is 167 Å². The highest BCUT2D eigenvalue weighted by Crippen LogP contribution is 2.38. The Balaban J connectivity index is 1.85. The van der Waals surface area contributed by atoms with Gasteiger partial charge in [0.1, 0.15) is 17.3 Å². The van der Waals surface area contributed by atoms with Crippen LogP contribution in [0.4, 0.5) is 0 Å². The third-order valence-corrected chi connectivity index (χ3v) is 6.99. The van der Waals surface area contributed by atoms with Gasteiger partial charge in [-0.25, -0.2) is 8.42 Å². The maximum Gasteiger partial charge on any atom is 0.247 e. The smallest absolute Gasteiger partial charge is 0.247 e. The molecule has 3 aromatic carbocycles. The van der Waals surface area contributed by atoms with Crippen molar-refractivity contribution in [2.75, 3.05) is 6.61 Å². The van der Waals surface area contributed by atoms with E-state index in [1.807, 2.05) is 60.7 Å². The van der Waals surface area contributed by atoms with Crippen molar-refractivity contribution in [3.05, 3.63) is 94.5 Å². The fourth-order valence-electron chi connectivity index (χ4n) is 3.25. The number of rotatable bonds is 3. The molecule has 0 radical (unpaired) electrons.